The molecule has 54 valence electrons. The summed E-state index contributed by atoms with van der Waals surface area (Å²) in [6.45, 7) is 1.64. The number of hydrogen-bond donors (Lipinski definition) is 3. The van der Waals surface area contributed by atoms with Crippen LogP contribution in [0.3, 0.4) is 0 Å². The summed E-state index contributed by atoms with van der Waals surface area (Å²) >= 11 is 3.81. The van der Waals surface area contributed by atoms with Gasteiger partial charge in [0, 0.05) is 0 Å². The first-order valence-electron chi connectivity index (χ1n) is 2.63. The topological polar surface area (TPSA) is 72.0 Å². The first kappa shape index (κ1) is 7.14. The van der Waals surface area contributed by atoms with Crippen molar-refractivity contribution in [2.24, 2.45) is 0 Å². The maximum atomic E-state index is 9.00. The number of nitrogen functional groups attached to an aromatic ring is 1. The Morgan fingerprint density at radius 2 is 2.10 bits per heavy atom. The highest BCUT2D eigenvalue weighted by atomic mass is 32.1. The van der Waals surface area contributed by atoms with E-state index in [-0.39, 0.29) is 16.9 Å². The second-order valence-corrected chi connectivity index (χ2v) is 2.26. The molecule has 1 rings (SSSR count). The van der Waals surface area contributed by atoms with Gasteiger partial charge >= 0.3 is 0 Å². The summed E-state index contributed by atoms with van der Waals surface area (Å²) in [7, 11) is 0. The molecule has 0 aliphatic rings. The quantitative estimate of drug-likeness (QED) is 0.375. The molecule has 1 aromatic heterocycles. The predicted octanol–water partition coefficient (Wildman–Crippen LogP) is 0.362. The largest absolute Gasteiger partial charge is 0.493 e. The highest BCUT2D eigenvalue weighted by Gasteiger charge is 2.03. The summed E-state index contributed by atoms with van der Waals surface area (Å²) < 4.78 is 0. The van der Waals surface area contributed by atoms with Crippen molar-refractivity contribution in [3.63, 3.8) is 0 Å². The average molecular weight is 157 g/mol. The van der Waals surface area contributed by atoms with Crippen LogP contribution in [-0.4, -0.2) is 15.1 Å². The van der Waals surface area contributed by atoms with Crippen molar-refractivity contribution >= 4 is 18.4 Å². The van der Waals surface area contributed by atoms with Gasteiger partial charge in [-0.2, -0.15) is 4.98 Å². The van der Waals surface area contributed by atoms with E-state index < -0.39 is 0 Å². The monoisotopic (exact) mass is 157 g/mol. The van der Waals surface area contributed by atoms with Crippen molar-refractivity contribution < 1.29 is 5.11 Å². The van der Waals surface area contributed by atoms with Crippen molar-refractivity contribution in [1.82, 2.24) is 9.97 Å². The Kier molecular flexibility index (Phi) is 1.67. The van der Waals surface area contributed by atoms with Gasteiger partial charge in [0.2, 0.25) is 5.88 Å². The maximum absolute atomic E-state index is 9.00. The van der Waals surface area contributed by atoms with Crippen LogP contribution in [0.1, 0.15) is 5.56 Å². The van der Waals surface area contributed by atoms with Crippen LogP contribution < -0.4 is 5.73 Å². The SMILES string of the molecule is Cc1c(N)nc(S)nc1O. The van der Waals surface area contributed by atoms with E-state index in [0.29, 0.717) is 5.56 Å². The van der Waals surface area contributed by atoms with Crippen LogP contribution >= 0.6 is 12.6 Å². The van der Waals surface area contributed by atoms with Crippen LogP contribution in [0.5, 0.6) is 5.88 Å². The van der Waals surface area contributed by atoms with Crippen LogP contribution in [0.2, 0.25) is 0 Å². The van der Waals surface area contributed by atoms with Crippen molar-refractivity contribution in [3.8, 4) is 5.88 Å². The lowest BCUT2D eigenvalue weighted by Crippen LogP contribution is -1.96. The molecule has 3 N–H and O–H groups in total. The lowest BCUT2D eigenvalue weighted by Gasteiger charge is -2.00. The Labute approximate surface area is 63.5 Å². The summed E-state index contributed by atoms with van der Waals surface area (Å²) in [6.07, 6.45) is 0. The van der Waals surface area contributed by atoms with Crippen LogP contribution in [0, 0.1) is 6.92 Å². The molecule has 0 radical (unpaired) electrons. The van der Waals surface area contributed by atoms with E-state index in [9.17, 15) is 0 Å². The van der Waals surface area contributed by atoms with Gasteiger partial charge in [0.1, 0.15) is 5.82 Å². The van der Waals surface area contributed by atoms with Gasteiger partial charge in [0.25, 0.3) is 0 Å². The highest BCUT2D eigenvalue weighted by Crippen LogP contribution is 2.18. The molecule has 0 bridgehead atoms. The maximum Gasteiger partial charge on any atom is 0.220 e. The minimum Gasteiger partial charge on any atom is -0.493 e. The van der Waals surface area contributed by atoms with Gasteiger partial charge in [-0.25, -0.2) is 4.98 Å². The van der Waals surface area contributed by atoms with E-state index in [0.717, 1.165) is 0 Å². The van der Waals surface area contributed by atoms with Crippen molar-refractivity contribution in [2.45, 2.75) is 12.1 Å². The molecule has 0 aliphatic carbocycles. The molecule has 0 fully saturated rings. The van der Waals surface area contributed by atoms with Crippen molar-refractivity contribution in [3.05, 3.63) is 5.56 Å². The number of rotatable bonds is 0. The number of aromatic hydroxyl groups is 1. The van der Waals surface area contributed by atoms with Gasteiger partial charge < -0.3 is 10.8 Å². The number of anilines is 1. The van der Waals surface area contributed by atoms with E-state index in [2.05, 4.69) is 22.6 Å². The molecule has 0 amide bonds. The molecule has 4 nitrogen and oxygen atoms in total. The first-order chi connectivity index (χ1) is 4.61. The van der Waals surface area contributed by atoms with Crippen LogP contribution in [0.4, 0.5) is 5.82 Å². The number of aromatic nitrogens is 2. The molecule has 1 aromatic rings. The molecular formula is C5H7N3OS. The smallest absolute Gasteiger partial charge is 0.220 e. The third-order valence-corrected chi connectivity index (χ3v) is 1.35. The minimum absolute atomic E-state index is 0.113. The van der Waals surface area contributed by atoms with Gasteiger partial charge in [-0.15, -0.1) is 12.6 Å². The lowest BCUT2D eigenvalue weighted by molar-refractivity contribution is 0.442. The fourth-order valence-electron chi connectivity index (χ4n) is 0.510. The third-order valence-electron chi connectivity index (χ3n) is 1.15. The molecule has 5 heteroatoms. The second kappa shape index (κ2) is 2.34. The molecular weight excluding hydrogens is 150 g/mol. The first-order valence-corrected chi connectivity index (χ1v) is 3.08. The summed E-state index contributed by atoms with van der Waals surface area (Å²) in [4.78, 5) is 7.27. The summed E-state index contributed by atoms with van der Waals surface area (Å²) in [6, 6.07) is 0. The van der Waals surface area contributed by atoms with Gasteiger partial charge in [-0.05, 0) is 6.92 Å². The second-order valence-electron chi connectivity index (χ2n) is 1.86. The Morgan fingerprint density at radius 1 is 1.50 bits per heavy atom. The van der Waals surface area contributed by atoms with Crippen LogP contribution in [-0.2, 0) is 0 Å². The molecule has 0 aromatic carbocycles. The number of nitrogens with zero attached hydrogens (tertiary/aromatic N) is 2. The summed E-state index contributed by atoms with van der Waals surface area (Å²) in [5, 5.41) is 9.18. The molecule has 0 aliphatic heterocycles. The predicted molar refractivity (Wildman–Crippen MR) is 40.1 cm³/mol. The van der Waals surface area contributed by atoms with E-state index in [4.69, 9.17) is 10.8 Å². The van der Waals surface area contributed by atoms with Gasteiger partial charge in [-0.3, -0.25) is 0 Å². The number of thiol groups is 1. The Hall–Kier alpha value is -0.970. The fraction of sp³-hybridized carbons (Fsp3) is 0.200. The van der Waals surface area contributed by atoms with E-state index in [1.165, 1.54) is 0 Å². The zero-order valence-corrected chi connectivity index (χ0v) is 6.26. The summed E-state index contributed by atoms with van der Waals surface area (Å²) in [5.74, 6) is 0.148. The Balaban J connectivity index is 3.31. The minimum atomic E-state index is -0.113. The standard InChI is InChI=1S/C5H7N3OS/c1-2-3(6)7-5(10)8-4(2)9/h1H3,(H4,6,7,8,9,10). The normalized spacial score (nSPS) is 9.80. The molecule has 0 saturated carbocycles. The van der Waals surface area contributed by atoms with E-state index >= 15 is 0 Å². The van der Waals surface area contributed by atoms with E-state index in [1.807, 2.05) is 0 Å². The van der Waals surface area contributed by atoms with Gasteiger partial charge in [0.15, 0.2) is 5.16 Å². The fourth-order valence-corrected chi connectivity index (χ4v) is 0.712. The van der Waals surface area contributed by atoms with Crippen molar-refractivity contribution in [2.75, 3.05) is 5.73 Å². The Morgan fingerprint density at radius 3 is 2.60 bits per heavy atom. The van der Waals surface area contributed by atoms with Crippen LogP contribution in [0.25, 0.3) is 0 Å². The zero-order chi connectivity index (χ0) is 7.72. The molecule has 0 atom stereocenters. The number of hydrogen-bond acceptors (Lipinski definition) is 5. The van der Waals surface area contributed by atoms with Crippen LogP contribution in [0.15, 0.2) is 5.16 Å². The molecule has 1 heterocycles. The third kappa shape index (κ3) is 1.13. The van der Waals surface area contributed by atoms with Gasteiger partial charge in [-0.1, -0.05) is 0 Å². The molecule has 0 saturated heterocycles. The zero-order valence-electron chi connectivity index (χ0n) is 5.37. The molecule has 0 unspecified atom stereocenters. The highest BCUT2D eigenvalue weighted by molar-refractivity contribution is 7.80. The van der Waals surface area contributed by atoms with Crippen molar-refractivity contribution in [1.29, 1.82) is 0 Å². The molecule has 0 spiro atoms. The van der Waals surface area contributed by atoms with E-state index in [1.54, 1.807) is 6.92 Å². The number of nitrogens with two attached hydrogens (primary N) is 1. The average Bonchev–Trinajstić information content (AvgIpc) is 1.82. The van der Waals surface area contributed by atoms with Gasteiger partial charge in [0.05, 0.1) is 5.56 Å². The Bertz CT molecular complexity index is 240. The lowest BCUT2D eigenvalue weighted by atomic mass is 10.3. The summed E-state index contributed by atoms with van der Waals surface area (Å²) in [5.41, 5.74) is 5.85. The molecule has 10 heavy (non-hydrogen) atoms.